The van der Waals surface area contributed by atoms with Crippen molar-refractivity contribution in [2.24, 2.45) is 11.8 Å². The summed E-state index contributed by atoms with van der Waals surface area (Å²) in [6.45, 7) is 3.82. The Bertz CT molecular complexity index is 1260. The minimum atomic E-state index is -1.44. The Morgan fingerprint density at radius 1 is 1.12 bits per heavy atom. The van der Waals surface area contributed by atoms with Gasteiger partial charge in [-0.15, -0.1) is 0 Å². The van der Waals surface area contributed by atoms with Crippen LogP contribution in [0.3, 0.4) is 0 Å². The van der Waals surface area contributed by atoms with Crippen molar-refractivity contribution in [1.82, 2.24) is 10.2 Å². The second-order valence-electron chi connectivity index (χ2n) is 9.23. The van der Waals surface area contributed by atoms with E-state index in [1.807, 2.05) is 26.0 Å². The number of carbonyl (C=O) groups excluding carboxylic acids is 3. The summed E-state index contributed by atoms with van der Waals surface area (Å²) >= 11 is 6.28. The second kappa shape index (κ2) is 7.92. The van der Waals surface area contributed by atoms with E-state index in [9.17, 15) is 24.3 Å². The monoisotopic (exact) mass is 481 g/mol. The predicted octanol–water partition coefficient (Wildman–Crippen LogP) is 2.74. The van der Waals surface area contributed by atoms with E-state index in [1.165, 1.54) is 4.90 Å². The van der Waals surface area contributed by atoms with Crippen molar-refractivity contribution in [1.29, 1.82) is 0 Å². The molecule has 3 aliphatic heterocycles. The molecule has 8 nitrogen and oxygen atoms in total. The summed E-state index contributed by atoms with van der Waals surface area (Å²) in [5.74, 6) is -4.12. The number of likely N-dealkylation sites (tertiary alicyclic amines) is 1. The van der Waals surface area contributed by atoms with E-state index in [4.69, 9.17) is 11.6 Å². The van der Waals surface area contributed by atoms with Crippen LogP contribution in [-0.2, 0) is 31.3 Å². The fourth-order valence-corrected chi connectivity index (χ4v) is 5.85. The number of benzene rings is 2. The Balaban J connectivity index is 1.61. The topological polar surface area (TPSA) is 116 Å². The van der Waals surface area contributed by atoms with Crippen molar-refractivity contribution in [2.45, 2.75) is 44.8 Å². The van der Waals surface area contributed by atoms with Gasteiger partial charge in [0.2, 0.25) is 17.7 Å². The zero-order chi connectivity index (χ0) is 24.4. The van der Waals surface area contributed by atoms with E-state index in [2.05, 4.69) is 10.6 Å². The molecule has 3 amide bonds. The molecule has 0 saturated carbocycles. The molecule has 2 aromatic carbocycles. The molecule has 3 aliphatic rings. The number of aryl methyl sites for hydroxylation is 1. The summed E-state index contributed by atoms with van der Waals surface area (Å²) in [4.78, 5) is 53.4. The van der Waals surface area contributed by atoms with E-state index < -0.39 is 47.1 Å². The Labute approximate surface area is 201 Å². The van der Waals surface area contributed by atoms with Gasteiger partial charge in [0.15, 0.2) is 0 Å². The summed E-state index contributed by atoms with van der Waals surface area (Å²) in [5, 5.41) is 15.9. The third-order valence-corrected chi connectivity index (χ3v) is 7.84. The van der Waals surface area contributed by atoms with Crippen molar-refractivity contribution in [3.63, 3.8) is 0 Å². The number of hydrogen-bond donors (Lipinski definition) is 3. The van der Waals surface area contributed by atoms with E-state index in [-0.39, 0.29) is 19.4 Å². The van der Waals surface area contributed by atoms with Crippen LogP contribution in [-0.4, -0.2) is 39.7 Å². The molecule has 2 aromatic rings. The lowest BCUT2D eigenvalue weighted by atomic mass is 9.76. The van der Waals surface area contributed by atoms with E-state index in [0.717, 1.165) is 11.1 Å². The van der Waals surface area contributed by atoms with Crippen molar-refractivity contribution in [3.8, 4) is 0 Å². The van der Waals surface area contributed by atoms with Crippen LogP contribution in [0.4, 0.5) is 5.69 Å². The van der Waals surface area contributed by atoms with Crippen molar-refractivity contribution < 1.29 is 24.3 Å². The number of rotatable bonds is 5. The second-order valence-corrected chi connectivity index (χ2v) is 9.64. The van der Waals surface area contributed by atoms with E-state index in [0.29, 0.717) is 21.8 Å². The first-order chi connectivity index (χ1) is 16.2. The Morgan fingerprint density at radius 2 is 1.85 bits per heavy atom. The van der Waals surface area contributed by atoms with E-state index in [1.54, 1.807) is 24.3 Å². The summed E-state index contributed by atoms with van der Waals surface area (Å²) in [5.41, 5.74) is 2.32. The number of carboxylic acid groups (broad SMARTS) is 1. The molecule has 3 N–H and O–H groups in total. The highest BCUT2D eigenvalue weighted by Crippen LogP contribution is 2.54. The summed E-state index contributed by atoms with van der Waals surface area (Å²) in [6, 6.07) is 10.0. The average molecular weight is 482 g/mol. The molecule has 3 heterocycles. The van der Waals surface area contributed by atoms with Crippen LogP contribution in [0.25, 0.3) is 0 Å². The zero-order valence-corrected chi connectivity index (χ0v) is 19.5. The van der Waals surface area contributed by atoms with Gasteiger partial charge in [-0.2, -0.15) is 0 Å². The number of hydrogen-bond acceptors (Lipinski definition) is 5. The van der Waals surface area contributed by atoms with Crippen molar-refractivity contribution >= 4 is 41.0 Å². The number of nitrogens with one attached hydrogen (secondary N) is 2. The molecule has 176 valence electrons. The zero-order valence-electron chi connectivity index (χ0n) is 18.7. The van der Waals surface area contributed by atoms with Gasteiger partial charge < -0.3 is 10.4 Å². The molecule has 0 radical (unpaired) electrons. The molecule has 4 atom stereocenters. The first-order valence-electron chi connectivity index (χ1n) is 11.2. The van der Waals surface area contributed by atoms with Gasteiger partial charge in [0, 0.05) is 28.7 Å². The molecule has 2 saturated heterocycles. The van der Waals surface area contributed by atoms with Gasteiger partial charge in [0.1, 0.15) is 5.54 Å². The van der Waals surface area contributed by atoms with Crippen LogP contribution in [0.5, 0.6) is 0 Å². The molecule has 5 rings (SSSR count). The normalized spacial score (nSPS) is 27.3. The fourth-order valence-electron chi connectivity index (χ4n) is 5.66. The Morgan fingerprint density at radius 3 is 2.56 bits per heavy atom. The van der Waals surface area contributed by atoms with Crippen LogP contribution < -0.4 is 10.6 Å². The summed E-state index contributed by atoms with van der Waals surface area (Å²) < 4.78 is 0. The van der Waals surface area contributed by atoms with Gasteiger partial charge in [-0.3, -0.25) is 29.4 Å². The van der Waals surface area contributed by atoms with Crippen LogP contribution in [0.15, 0.2) is 36.4 Å². The molecule has 0 unspecified atom stereocenters. The first-order valence-corrected chi connectivity index (χ1v) is 11.5. The third-order valence-electron chi connectivity index (χ3n) is 7.47. The highest BCUT2D eigenvalue weighted by molar-refractivity contribution is 6.31. The number of nitrogens with zero attached hydrogens (tertiary/aromatic N) is 1. The average Bonchev–Trinajstić information content (AvgIpc) is 3.37. The van der Waals surface area contributed by atoms with Crippen LogP contribution in [0.1, 0.15) is 35.1 Å². The lowest BCUT2D eigenvalue weighted by molar-refractivity contribution is -0.144. The first kappa shape index (κ1) is 22.6. The molecule has 0 aliphatic carbocycles. The number of amides is 3. The summed E-state index contributed by atoms with van der Waals surface area (Å²) in [7, 11) is 0. The number of imide groups is 1. The SMILES string of the molecule is Cc1ccc2c(c1C)NC(=O)[C@@]21N[C@H](CCC(=O)O)[C@H]2C(=O)N(Cc3ccccc3Cl)C(=O)[C@@H]21. The maximum atomic E-state index is 13.8. The fraction of sp³-hybridized carbons (Fsp3) is 0.360. The largest absolute Gasteiger partial charge is 0.481 e. The number of carboxylic acids is 1. The number of fused-ring (bicyclic) bond motifs is 4. The Kier molecular flexibility index (Phi) is 5.26. The van der Waals surface area contributed by atoms with Gasteiger partial charge in [-0.05, 0) is 43.0 Å². The van der Waals surface area contributed by atoms with Crippen LogP contribution in [0, 0.1) is 25.7 Å². The smallest absolute Gasteiger partial charge is 0.303 e. The number of aliphatic carboxylic acids is 1. The molecule has 2 fully saturated rings. The molecule has 1 spiro atoms. The van der Waals surface area contributed by atoms with Crippen molar-refractivity contribution in [2.75, 3.05) is 5.32 Å². The Hall–Kier alpha value is -3.23. The van der Waals surface area contributed by atoms with Crippen molar-refractivity contribution in [3.05, 3.63) is 63.7 Å². The minimum Gasteiger partial charge on any atom is -0.481 e. The molecular weight excluding hydrogens is 458 g/mol. The van der Waals surface area contributed by atoms with Gasteiger partial charge >= 0.3 is 5.97 Å². The molecule has 0 bridgehead atoms. The lowest BCUT2D eigenvalue weighted by Crippen LogP contribution is -2.53. The standard InChI is InChI=1S/C25H24ClN3O5/c1-12-7-8-15-21(13(12)2)27-24(34)25(15)20-19(17(28-25)9-10-18(30)31)22(32)29(23(20)33)11-14-5-3-4-6-16(14)26/h3-8,17,19-20,28H,9-11H2,1-2H3,(H,27,34)(H,30,31)/t17-,19-,20-,25-/m1/s1. The summed E-state index contributed by atoms with van der Waals surface area (Å²) in [6.07, 6.45) is -0.0744. The molecule has 34 heavy (non-hydrogen) atoms. The van der Waals surface area contributed by atoms with Gasteiger partial charge in [-0.1, -0.05) is 41.9 Å². The van der Waals surface area contributed by atoms with Gasteiger partial charge in [0.25, 0.3) is 0 Å². The maximum Gasteiger partial charge on any atom is 0.303 e. The van der Waals surface area contributed by atoms with Gasteiger partial charge in [-0.25, -0.2) is 0 Å². The number of halogens is 1. The number of anilines is 1. The quantitative estimate of drug-likeness (QED) is 0.565. The highest BCUT2D eigenvalue weighted by atomic mass is 35.5. The van der Waals surface area contributed by atoms with Crippen LogP contribution >= 0.6 is 11.6 Å². The minimum absolute atomic E-state index is 0.00648. The molecule has 0 aromatic heterocycles. The lowest BCUT2D eigenvalue weighted by Gasteiger charge is -2.29. The van der Waals surface area contributed by atoms with Gasteiger partial charge in [0.05, 0.1) is 18.4 Å². The highest BCUT2D eigenvalue weighted by Gasteiger charge is 2.70. The number of carbonyl (C=O) groups is 4. The van der Waals surface area contributed by atoms with Crippen LogP contribution in [0.2, 0.25) is 5.02 Å². The molecular formula is C25H24ClN3O5. The molecule has 9 heteroatoms. The predicted molar refractivity (Wildman–Crippen MR) is 124 cm³/mol. The maximum absolute atomic E-state index is 13.8. The van der Waals surface area contributed by atoms with E-state index >= 15 is 0 Å². The third kappa shape index (κ3) is 3.09.